The predicted molar refractivity (Wildman–Crippen MR) is 102 cm³/mol. The van der Waals surface area contributed by atoms with Crippen LogP contribution in [0.15, 0.2) is 88.7 Å². The average Bonchev–Trinajstić information content (AvgIpc) is 3.02. The Balaban J connectivity index is 2.52. The van der Waals surface area contributed by atoms with E-state index in [1.54, 1.807) is 0 Å². The Morgan fingerprint density at radius 2 is 1.30 bits per heavy atom. The van der Waals surface area contributed by atoms with Crippen molar-refractivity contribution in [1.82, 2.24) is 0 Å². The highest BCUT2D eigenvalue weighted by Gasteiger charge is 2.36. The van der Waals surface area contributed by atoms with E-state index in [9.17, 15) is 15.3 Å². The number of hydrogen-bond donors (Lipinski definition) is 0. The van der Waals surface area contributed by atoms with Gasteiger partial charge in [-0.1, -0.05) is 66.2 Å². The normalized spacial score (nSPS) is 12.9. The Morgan fingerprint density at radius 1 is 0.815 bits per heavy atom. The van der Waals surface area contributed by atoms with Crippen molar-refractivity contribution in [2.24, 2.45) is 0 Å². The highest BCUT2D eigenvalue weighted by Crippen LogP contribution is 2.42. The Labute approximate surface area is 157 Å². The van der Waals surface area contributed by atoms with Crippen LogP contribution in [0.2, 0.25) is 0 Å². The molecule has 1 aliphatic rings. The summed E-state index contributed by atoms with van der Waals surface area (Å²) in [6.07, 6.45) is 0. The van der Waals surface area contributed by atoms with Gasteiger partial charge in [0, 0.05) is 11.1 Å². The highest BCUT2D eigenvalue weighted by molar-refractivity contribution is 6.06. The fraction of sp³-hybridized carbons (Fsp3) is 0.0870. The number of esters is 1. The molecule has 0 aromatic heterocycles. The lowest BCUT2D eigenvalue weighted by Gasteiger charge is -2.13. The van der Waals surface area contributed by atoms with Crippen molar-refractivity contribution < 1.29 is 9.53 Å². The molecule has 3 rings (SSSR count). The average molecular weight is 352 g/mol. The van der Waals surface area contributed by atoms with Crippen LogP contribution in [0, 0.1) is 22.7 Å². The molecule has 2 aromatic rings. The number of ether oxygens (including phenoxy) is 1. The van der Waals surface area contributed by atoms with Gasteiger partial charge in [-0.15, -0.1) is 0 Å². The maximum absolute atomic E-state index is 12.6. The van der Waals surface area contributed by atoms with Crippen molar-refractivity contribution in [2.75, 3.05) is 0 Å². The number of rotatable bonds is 2. The monoisotopic (exact) mass is 352 g/mol. The molecule has 4 heteroatoms. The van der Waals surface area contributed by atoms with E-state index in [-0.39, 0.29) is 11.3 Å². The lowest BCUT2D eigenvalue weighted by Crippen LogP contribution is -2.00. The van der Waals surface area contributed by atoms with Gasteiger partial charge in [-0.3, -0.25) is 0 Å². The lowest BCUT2D eigenvalue weighted by atomic mass is 9.87. The third-order valence-electron chi connectivity index (χ3n) is 4.20. The summed E-state index contributed by atoms with van der Waals surface area (Å²) < 4.78 is 5.40. The number of cyclic esters (lactones) is 1. The number of carbonyl (C=O) groups is 1. The van der Waals surface area contributed by atoms with Crippen LogP contribution < -0.4 is 0 Å². The van der Waals surface area contributed by atoms with Crippen molar-refractivity contribution in [3.05, 3.63) is 99.8 Å². The van der Waals surface area contributed by atoms with Crippen molar-refractivity contribution in [3.8, 4) is 12.1 Å². The minimum absolute atomic E-state index is 0.0175. The van der Waals surface area contributed by atoms with Gasteiger partial charge in [0.1, 0.15) is 12.1 Å². The molecule has 4 nitrogen and oxygen atoms in total. The van der Waals surface area contributed by atoms with Crippen molar-refractivity contribution >= 4 is 11.5 Å². The first-order valence-corrected chi connectivity index (χ1v) is 8.38. The summed E-state index contributed by atoms with van der Waals surface area (Å²) in [6, 6.07) is 22.8. The van der Waals surface area contributed by atoms with Gasteiger partial charge in [-0.05, 0) is 25.0 Å². The minimum atomic E-state index is -0.549. The SMILES string of the molecule is CC(C)=C1C(=O)OC(=C(C#N)C#N)C1=C(c1ccccc1)c1ccccc1. The number of nitriles is 2. The van der Waals surface area contributed by atoms with Gasteiger partial charge in [-0.2, -0.15) is 10.5 Å². The van der Waals surface area contributed by atoms with E-state index >= 15 is 0 Å². The fourth-order valence-electron chi connectivity index (χ4n) is 3.07. The molecule has 0 N–H and O–H groups in total. The second kappa shape index (κ2) is 7.56. The van der Waals surface area contributed by atoms with E-state index in [0.717, 1.165) is 22.3 Å². The third kappa shape index (κ3) is 3.29. The first-order valence-electron chi connectivity index (χ1n) is 8.38. The van der Waals surface area contributed by atoms with E-state index in [1.165, 1.54) is 0 Å². The highest BCUT2D eigenvalue weighted by atomic mass is 16.5. The topological polar surface area (TPSA) is 73.9 Å². The van der Waals surface area contributed by atoms with Crippen LogP contribution in [-0.2, 0) is 9.53 Å². The first kappa shape index (κ1) is 17.9. The Morgan fingerprint density at radius 3 is 1.70 bits per heavy atom. The molecule has 0 bridgehead atoms. The van der Waals surface area contributed by atoms with E-state index in [2.05, 4.69) is 0 Å². The molecule has 130 valence electrons. The summed E-state index contributed by atoms with van der Waals surface area (Å²) in [5, 5.41) is 18.8. The molecule has 1 saturated heterocycles. The Kier molecular flexibility index (Phi) is 5.01. The summed E-state index contributed by atoms with van der Waals surface area (Å²) in [5.74, 6) is -0.531. The number of benzene rings is 2. The van der Waals surface area contributed by atoms with Gasteiger partial charge in [0.15, 0.2) is 11.3 Å². The van der Waals surface area contributed by atoms with Crippen LogP contribution >= 0.6 is 0 Å². The largest absolute Gasteiger partial charge is 0.420 e. The van der Waals surface area contributed by atoms with Crippen molar-refractivity contribution in [1.29, 1.82) is 10.5 Å². The quantitative estimate of drug-likeness (QED) is 0.447. The number of nitrogens with zero attached hydrogens (tertiary/aromatic N) is 2. The zero-order valence-corrected chi connectivity index (χ0v) is 15.0. The number of carbonyl (C=O) groups excluding carboxylic acids is 1. The molecule has 0 amide bonds. The standard InChI is InChI=1S/C23H16N2O2/c1-15(2)19-21(22(27-23(19)26)18(13-24)14-25)20(16-9-5-3-6-10-16)17-11-7-4-8-12-17/h3-12H,1-2H3. The van der Waals surface area contributed by atoms with E-state index in [0.29, 0.717) is 11.1 Å². The van der Waals surface area contributed by atoms with Gasteiger partial charge in [-0.25, -0.2) is 4.79 Å². The van der Waals surface area contributed by atoms with Gasteiger partial charge in [0.25, 0.3) is 0 Å². The Bertz CT molecular complexity index is 1020. The molecule has 0 aliphatic carbocycles. The third-order valence-corrected chi connectivity index (χ3v) is 4.20. The molecular formula is C23H16N2O2. The minimum Gasteiger partial charge on any atom is -0.420 e. The molecular weight excluding hydrogens is 336 g/mol. The summed E-state index contributed by atoms with van der Waals surface area (Å²) in [5.41, 5.74) is 3.87. The second-order valence-corrected chi connectivity index (χ2v) is 6.17. The van der Waals surface area contributed by atoms with Gasteiger partial charge in [0.2, 0.25) is 0 Å². The first-order chi connectivity index (χ1) is 13.1. The number of hydrogen-bond acceptors (Lipinski definition) is 4. The van der Waals surface area contributed by atoms with E-state index < -0.39 is 5.97 Å². The predicted octanol–water partition coefficient (Wildman–Crippen LogP) is 4.68. The van der Waals surface area contributed by atoms with E-state index in [1.807, 2.05) is 86.6 Å². The fourth-order valence-corrected chi connectivity index (χ4v) is 3.07. The van der Waals surface area contributed by atoms with Crippen LogP contribution in [0.4, 0.5) is 0 Å². The molecule has 1 aliphatic heterocycles. The molecule has 0 spiro atoms. The van der Waals surface area contributed by atoms with Gasteiger partial charge >= 0.3 is 5.97 Å². The summed E-state index contributed by atoms with van der Waals surface area (Å²) in [4.78, 5) is 12.6. The van der Waals surface area contributed by atoms with Crippen LogP contribution in [0.5, 0.6) is 0 Å². The zero-order chi connectivity index (χ0) is 19.4. The van der Waals surface area contributed by atoms with Crippen LogP contribution in [0.3, 0.4) is 0 Å². The zero-order valence-electron chi connectivity index (χ0n) is 15.0. The lowest BCUT2D eigenvalue weighted by molar-refractivity contribution is -0.132. The van der Waals surface area contributed by atoms with Crippen LogP contribution in [0.25, 0.3) is 5.57 Å². The smallest absolute Gasteiger partial charge is 0.344 e. The van der Waals surface area contributed by atoms with Crippen molar-refractivity contribution in [2.45, 2.75) is 13.8 Å². The van der Waals surface area contributed by atoms with Gasteiger partial charge < -0.3 is 4.74 Å². The van der Waals surface area contributed by atoms with Gasteiger partial charge in [0.05, 0.1) is 5.57 Å². The summed E-state index contributed by atoms with van der Waals surface area (Å²) in [6.45, 7) is 3.62. The second-order valence-electron chi connectivity index (χ2n) is 6.17. The number of allylic oxidation sites excluding steroid dienone is 3. The van der Waals surface area contributed by atoms with Crippen LogP contribution in [-0.4, -0.2) is 5.97 Å². The molecule has 1 heterocycles. The maximum atomic E-state index is 12.6. The molecule has 1 fully saturated rings. The molecule has 0 radical (unpaired) electrons. The Hall–Kier alpha value is -3.89. The summed E-state index contributed by atoms with van der Waals surface area (Å²) >= 11 is 0. The molecule has 0 saturated carbocycles. The van der Waals surface area contributed by atoms with Crippen LogP contribution in [0.1, 0.15) is 25.0 Å². The summed E-state index contributed by atoms with van der Waals surface area (Å²) in [7, 11) is 0. The van der Waals surface area contributed by atoms with E-state index in [4.69, 9.17) is 4.74 Å². The molecule has 2 aromatic carbocycles. The maximum Gasteiger partial charge on any atom is 0.344 e. The van der Waals surface area contributed by atoms with Crippen molar-refractivity contribution in [3.63, 3.8) is 0 Å². The molecule has 0 unspecified atom stereocenters. The molecule has 27 heavy (non-hydrogen) atoms. The molecule has 0 atom stereocenters.